The van der Waals surface area contributed by atoms with Crippen LogP contribution in [0.3, 0.4) is 0 Å². The highest BCUT2D eigenvalue weighted by Gasteiger charge is 2.36. The zero-order valence-corrected chi connectivity index (χ0v) is 16.2. The lowest BCUT2D eigenvalue weighted by molar-refractivity contribution is -0.119. The van der Waals surface area contributed by atoms with Gasteiger partial charge in [-0.3, -0.25) is 19.2 Å². The summed E-state index contributed by atoms with van der Waals surface area (Å²) in [7, 11) is 0. The van der Waals surface area contributed by atoms with Gasteiger partial charge < -0.3 is 15.8 Å². The lowest BCUT2D eigenvalue weighted by Crippen LogP contribution is -2.29. The minimum atomic E-state index is -0.663. The van der Waals surface area contributed by atoms with Crippen LogP contribution in [0, 0.1) is 0 Å². The molecule has 4 amide bonds. The standard InChI is InChI=1S/C23H17N3O5/c24-20(27)13-31-19-11-4-3-10-18(19)21(28)25-14-6-5-7-15(12-14)26-22(29)16-8-1-2-9-17(16)23(26)30/h1-12H,13H2,(H2,24,27)(H,25,28). The lowest BCUT2D eigenvalue weighted by atomic mass is 10.1. The van der Waals surface area contributed by atoms with E-state index in [2.05, 4.69) is 5.32 Å². The van der Waals surface area contributed by atoms with Gasteiger partial charge in [0.05, 0.1) is 22.4 Å². The van der Waals surface area contributed by atoms with Crippen LogP contribution in [-0.4, -0.2) is 30.2 Å². The van der Waals surface area contributed by atoms with E-state index in [1.165, 1.54) is 6.07 Å². The Kier molecular flexibility index (Phi) is 5.19. The average molecular weight is 415 g/mol. The number of benzene rings is 3. The molecule has 3 aromatic carbocycles. The van der Waals surface area contributed by atoms with E-state index >= 15 is 0 Å². The first-order valence-electron chi connectivity index (χ1n) is 9.35. The first-order chi connectivity index (χ1) is 15.0. The Balaban J connectivity index is 1.57. The van der Waals surface area contributed by atoms with Crippen LogP contribution in [-0.2, 0) is 4.79 Å². The fourth-order valence-electron chi connectivity index (χ4n) is 3.27. The molecule has 154 valence electrons. The second kappa shape index (κ2) is 8.11. The Morgan fingerprint density at radius 2 is 1.52 bits per heavy atom. The molecular weight excluding hydrogens is 398 g/mol. The van der Waals surface area contributed by atoms with Crippen molar-refractivity contribution < 1.29 is 23.9 Å². The van der Waals surface area contributed by atoms with Gasteiger partial charge in [0.1, 0.15) is 5.75 Å². The fraction of sp³-hybridized carbons (Fsp3) is 0.0435. The molecule has 1 aliphatic rings. The molecule has 0 unspecified atom stereocenters. The number of carbonyl (C=O) groups is 4. The number of hydrogen-bond donors (Lipinski definition) is 2. The number of para-hydroxylation sites is 1. The summed E-state index contributed by atoms with van der Waals surface area (Å²) in [5, 5.41) is 2.72. The van der Waals surface area contributed by atoms with Crippen molar-refractivity contribution in [2.75, 3.05) is 16.8 Å². The fourth-order valence-corrected chi connectivity index (χ4v) is 3.27. The van der Waals surface area contributed by atoms with Gasteiger partial charge >= 0.3 is 0 Å². The Morgan fingerprint density at radius 3 is 2.19 bits per heavy atom. The molecule has 31 heavy (non-hydrogen) atoms. The third-order valence-corrected chi connectivity index (χ3v) is 4.66. The Hall–Kier alpha value is -4.46. The third kappa shape index (κ3) is 3.86. The van der Waals surface area contributed by atoms with Crippen LogP contribution in [0.2, 0.25) is 0 Å². The minimum absolute atomic E-state index is 0.204. The Morgan fingerprint density at radius 1 is 0.871 bits per heavy atom. The van der Waals surface area contributed by atoms with Crippen LogP contribution in [0.1, 0.15) is 31.1 Å². The summed E-state index contributed by atoms with van der Waals surface area (Å²) in [6.07, 6.45) is 0. The molecule has 0 saturated carbocycles. The van der Waals surface area contributed by atoms with Gasteiger partial charge in [0.15, 0.2) is 6.61 Å². The summed E-state index contributed by atoms with van der Waals surface area (Å²) in [4.78, 5) is 50.2. The number of ether oxygens (including phenoxy) is 1. The molecule has 0 fully saturated rings. The number of primary amides is 1. The highest BCUT2D eigenvalue weighted by Crippen LogP contribution is 2.30. The maximum Gasteiger partial charge on any atom is 0.266 e. The van der Waals surface area contributed by atoms with E-state index in [4.69, 9.17) is 10.5 Å². The number of nitrogens with two attached hydrogens (primary N) is 1. The average Bonchev–Trinajstić information content (AvgIpc) is 3.03. The zero-order valence-electron chi connectivity index (χ0n) is 16.2. The number of rotatable bonds is 6. The summed E-state index contributed by atoms with van der Waals surface area (Å²) < 4.78 is 5.29. The van der Waals surface area contributed by atoms with Gasteiger partial charge in [0.2, 0.25) is 0 Å². The first-order valence-corrected chi connectivity index (χ1v) is 9.35. The van der Waals surface area contributed by atoms with E-state index in [0.29, 0.717) is 22.5 Å². The van der Waals surface area contributed by atoms with Crippen molar-refractivity contribution in [1.82, 2.24) is 0 Å². The number of fused-ring (bicyclic) bond motifs is 1. The quantitative estimate of drug-likeness (QED) is 0.600. The maximum atomic E-state index is 12.8. The second-order valence-electron chi connectivity index (χ2n) is 6.75. The van der Waals surface area contributed by atoms with Crippen molar-refractivity contribution in [2.24, 2.45) is 5.73 Å². The smallest absolute Gasteiger partial charge is 0.266 e. The predicted octanol–water partition coefficient (Wildman–Crippen LogP) is 2.60. The molecule has 1 aliphatic heterocycles. The number of nitrogens with one attached hydrogen (secondary N) is 1. The van der Waals surface area contributed by atoms with E-state index < -0.39 is 23.6 Å². The highest BCUT2D eigenvalue weighted by molar-refractivity contribution is 6.34. The summed E-state index contributed by atoms with van der Waals surface area (Å²) in [5.74, 6) is -1.79. The summed E-state index contributed by atoms with van der Waals surface area (Å²) in [6.45, 7) is -0.362. The maximum absolute atomic E-state index is 12.8. The number of carbonyl (C=O) groups excluding carboxylic acids is 4. The van der Waals surface area contributed by atoms with Crippen LogP contribution >= 0.6 is 0 Å². The van der Waals surface area contributed by atoms with Crippen molar-refractivity contribution in [3.05, 3.63) is 89.5 Å². The van der Waals surface area contributed by atoms with Gasteiger partial charge in [0.25, 0.3) is 23.6 Å². The van der Waals surface area contributed by atoms with Crippen molar-refractivity contribution in [1.29, 1.82) is 0 Å². The highest BCUT2D eigenvalue weighted by atomic mass is 16.5. The van der Waals surface area contributed by atoms with Crippen LogP contribution < -0.4 is 20.7 Å². The Labute approximate surface area is 177 Å². The van der Waals surface area contributed by atoms with Gasteiger partial charge in [-0.05, 0) is 42.5 Å². The minimum Gasteiger partial charge on any atom is -0.483 e. The molecule has 0 bridgehead atoms. The van der Waals surface area contributed by atoms with Crippen LogP contribution in [0.4, 0.5) is 11.4 Å². The van der Waals surface area contributed by atoms with E-state index in [9.17, 15) is 19.2 Å². The lowest BCUT2D eigenvalue weighted by Gasteiger charge is -2.16. The first kappa shape index (κ1) is 19.8. The Bertz CT molecular complexity index is 1190. The van der Waals surface area contributed by atoms with Crippen molar-refractivity contribution in [3.8, 4) is 5.75 Å². The SMILES string of the molecule is NC(=O)COc1ccccc1C(=O)Nc1cccc(N2C(=O)c3ccccc3C2=O)c1. The largest absolute Gasteiger partial charge is 0.483 e. The molecule has 3 aromatic rings. The van der Waals surface area contributed by atoms with E-state index in [1.807, 2.05) is 0 Å². The van der Waals surface area contributed by atoms with Crippen LogP contribution in [0.25, 0.3) is 0 Å². The van der Waals surface area contributed by atoms with Crippen molar-refractivity contribution in [3.63, 3.8) is 0 Å². The second-order valence-corrected chi connectivity index (χ2v) is 6.75. The predicted molar refractivity (Wildman–Crippen MR) is 113 cm³/mol. The molecule has 0 aromatic heterocycles. The van der Waals surface area contributed by atoms with Gasteiger partial charge in [-0.1, -0.05) is 30.3 Å². The number of hydrogen-bond acceptors (Lipinski definition) is 5. The van der Waals surface area contributed by atoms with Gasteiger partial charge in [0, 0.05) is 5.69 Å². The number of amides is 4. The molecule has 1 heterocycles. The normalized spacial score (nSPS) is 12.5. The van der Waals surface area contributed by atoms with Gasteiger partial charge in [-0.2, -0.15) is 0 Å². The number of nitrogens with zero attached hydrogens (tertiary/aromatic N) is 1. The van der Waals surface area contributed by atoms with E-state index in [1.54, 1.807) is 66.7 Å². The van der Waals surface area contributed by atoms with E-state index in [-0.39, 0.29) is 17.9 Å². The van der Waals surface area contributed by atoms with Crippen LogP contribution in [0.5, 0.6) is 5.75 Å². The summed E-state index contributed by atoms with van der Waals surface area (Å²) in [5.41, 5.74) is 6.69. The van der Waals surface area contributed by atoms with E-state index in [0.717, 1.165) is 4.90 Å². The number of imide groups is 1. The van der Waals surface area contributed by atoms with Crippen molar-refractivity contribution in [2.45, 2.75) is 0 Å². The molecule has 0 spiro atoms. The van der Waals surface area contributed by atoms with Crippen LogP contribution in [0.15, 0.2) is 72.8 Å². The molecule has 8 nitrogen and oxygen atoms in total. The summed E-state index contributed by atoms with van der Waals surface area (Å²) in [6, 6.07) is 19.4. The molecule has 8 heteroatoms. The molecular formula is C23H17N3O5. The molecule has 0 aliphatic carbocycles. The molecule has 0 atom stereocenters. The zero-order chi connectivity index (χ0) is 22.0. The monoisotopic (exact) mass is 415 g/mol. The van der Waals surface area contributed by atoms with Crippen molar-refractivity contribution >= 4 is 35.0 Å². The van der Waals surface area contributed by atoms with Gasteiger partial charge in [-0.25, -0.2) is 4.90 Å². The number of anilines is 2. The molecule has 4 rings (SSSR count). The summed E-state index contributed by atoms with van der Waals surface area (Å²) >= 11 is 0. The molecule has 0 saturated heterocycles. The third-order valence-electron chi connectivity index (χ3n) is 4.66. The molecule has 0 radical (unpaired) electrons. The topological polar surface area (TPSA) is 119 Å². The molecule has 3 N–H and O–H groups in total. The van der Waals surface area contributed by atoms with Gasteiger partial charge in [-0.15, -0.1) is 0 Å².